The lowest BCUT2D eigenvalue weighted by Crippen LogP contribution is -2.41. The molecule has 0 radical (unpaired) electrons. The van der Waals surface area contributed by atoms with Crippen LogP contribution in [-0.4, -0.2) is 34.1 Å². The number of nitrogens with one attached hydrogen (secondary N) is 1. The molecule has 114 valence electrons. The summed E-state index contributed by atoms with van der Waals surface area (Å²) >= 11 is 6.46. The van der Waals surface area contributed by atoms with Gasteiger partial charge in [-0.1, -0.05) is 15.9 Å². The molecule has 0 unspecified atom stereocenters. The quantitative estimate of drug-likeness (QED) is 0.626. The number of carboxylic acid groups (broad SMARTS) is 2. The highest BCUT2D eigenvalue weighted by Gasteiger charge is 2.21. The number of benzene rings is 1. The maximum Gasteiger partial charge on any atom is 0.326 e. The van der Waals surface area contributed by atoms with Crippen LogP contribution in [0.2, 0.25) is 0 Å². The number of rotatable bonds is 7. The number of halogens is 2. The summed E-state index contributed by atoms with van der Waals surface area (Å²) in [6.07, 6.45) is 0.0887. The number of carbonyl (C=O) groups excluding carboxylic acids is 1. The van der Waals surface area contributed by atoms with E-state index in [1.165, 1.54) is 0 Å². The second kappa shape index (κ2) is 8.14. The molecule has 21 heavy (non-hydrogen) atoms. The van der Waals surface area contributed by atoms with Crippen LogP contribution >= 0.6 is 31.9 Å². The van der Waals surface area contributed by atoms with E-state index in [0.717, 1.165) is 0 Å². The SMILES string of the molecule is O=C(O)CCC[C@@H](NC(=O)c1cc(Br)ccc1Br)C(=O)O. The fourth-order valence-corrected chi connectivity index (χ4v) is 2.41. The average molecular weight is 423 g/mol. The zero-order valence-corrected chi connectivity index (χ0v) is 14.0. The standard InChI is InChI=1S/C13H13Br2NO5/c14-7-4-5-9(15)8(6-7)12(19)16-10(13(20)21)2-1-3-11(17)18/h4-6,10H,1-3H2,(H,16,19)(H,17,18)(H,20,21)/t10-/m1/s1. The molecule has 0 aliphatic rings. The van der Waals surface area contributed by atoms with Gasteiger partial charge in [-0.15, -0.1) is 0 Å². The maximum atomic E-state index is 12.1. The Morgan fingerprint density at radius 1 is 1.19 bits per heavy atom. The van der Waals surface area contributed by atoms with E-state index in [2.05, 4.69) is 37.2 Å². The molecule has 6 nitrogen and oxygen atoms in total. The highest BCUT2D eigenvalue weighted by molar-refractivity contribution is 9.11. The smallest absolute Gasteiger partial charge is 0.326 e. The van der Waals surface area contributed by atoms with Gasteiger partial charge in [-0.3, -0.25) is 9.59 Å². The van der Waals surface area contributed by atoms with Crippen LogP contribution in [-0.2, 0) is 9.59 Å². The first-order valence-corrected chi connectivity index (χ1v) is 7.60. The fraction of sp³-hybridized carbons (Fsp3) is 0.308. The van der Waals surface area contributed by atoms with Crippen LogP contribution in [0.15, 0.2) is 27.1 Å². The van der Waals surface area contributed by atoms with E-state index in [-0.39, 0.29) is 19.3 Å². The number of hydrogen-bond donors (Lipinski definition) is 3. The van der Waals surface area contributed by atoms with E-state index in [1.807, 2.05) is 0 Å². The molecular weight excluding hydrogens is 410 g/mol. The van der Waals surface area contributed by atoms with Gasteiger partial charge in [0.25, 0.3) is 5.91 Å². The van der Waals surface area contributed by atoms with Crippen molar-refractivity contribution < 1.29 is 24.6 Å². The van der Waals surface area contributed by atoms with Gasteiger partial charge >= 0.3 is 11.9 Å². The topological polar surface area (TPSA) is 104 Å². The van der Waals surface area contributed by atoms with Crippen molar-refractivity contribution in [2.24, 2.45) is 0 Å². The van der Waals surface area contributed by atoms with E-state index in [0.29, 0.717) is 14.5 Å². The third-order valence-corrected chi connectivity index (χ3v) is 3.84. The zero-order chi connectivity index (χ0) is 16.0. The Kier molecular flexibility index (Phi) is 6.83. The second-order valence-electron chi connectivity index (χ2n) is 4.27. The van der Waals surface area contributed by atoms with Gasteiger partial charge in [0.15, 0.2) is 0 Å². The monoisotopic (exact) mass is 421 g/mol. The van der Waals surface area contributed by atoms with Crippen molar-refractivity contribution in [1.82, 2.24) is 5.32 Å². The van der Waals surface area contributed by atoms with Gasteiger partial charge in [-0.05, 0) is 47.0 Å². The van der Waals surface area contributed by atoms with Crippen molar-refractivity contribution in [3.63, 3.8) is 0 Å². The Balaban J connectivity index is 2.74. The van der Waals surface area contributed by atoms with Gasteiger partial charge in [-0.25, -0.2) is 4.79 Å². The van der Waals surface area contributed by atoms with E-state index in [4.69, 9.17) is 10.2 Å². The Morgan fingerprint density at radius 2 is 1.86 bits per heavy atom. The second-order valence-corrected chi connectivity index (χ2v) is 6.04. The molecule has 0 aliphatic carbocycles. The summed E-state index contributed by atoms with van der Waals surface area (Å²) in [5.41, 5.74) is 0.300. The molecule has 0 bridgehead atoms. The van der Waals surface area contributed by atoms with E-state index in [1.54, 1.807) is 18.2 Å². The number of hydrogen-bond acceptors (Lipinski definition) is 3. The molecule has 0 aromatic heterocycles. The highest BCUT2D eigenvalue weighted by atomic mass is 79.9. The normalized spacial score (nSPS) is 11.7. The van der Waals surface area contributed by atoms with E-state index >= 15 is 0 Å². The average Bonchev–Trinajstić information content (AvgIpc) is 2.39. The summed E-state index contributed by atoms with van der Waals surface area (Å²) in [6.45, 7) is 0. The van der Waals surface area contributed by atoms with Crippen LogP contribution in [0.3, 0.4) is 0 Å². The summed E-state index contributed by atoms with van der Waals surface area (Å²) in [5.74, 6) is -2.73. The van der Waals surface area contributed by atoms with Crippen LogP contribution in [0.5, 0.6) is 0 Å². The lowest BCUT2D eigenvalue weighted by molar-refractivity contribution is -0.140. The minimum atomic E-state index is -1.19. The molecule has 3 N–H and O–H groups in total. The van der Waals surface area contributed by atoms with Gasteiger partial charge in [0.1, 0.15) is 6.04 Å². The van der Waals surface area contributed by atoms with Crippen LogP contribution in [0.4, 0.5) is 0 Å². The van der Waals surface area contributed by atoms with Gasteiger partial charge in [0, 0.05) is 15.4 Å². The molecule has 1 rings (SSSR count). The lowest BCUT2D eigenvalue weighted by atomic mass is 10.1. The van der Waals surface area contributed by atoms with Gasteiger partial charge in [0.05, 0.1) is 5.56 Å². The summed E-state index contributed by atoms with van der Waals surface area (Å²) in [4.78, 5) is 33.6. The molecule has 1 atom stereocenters. The zero-order valence-electron chi connectivity index (χ0n) is 10.8. The number of carboxylic acids is 2. The Morgan fingerprint density at radius 3 is 2.43 bits per heavy atom. The number of aliphatic carboxylic acids is 2. The van der Waals surface area contributed by atoms with E-state index in [9.17, 15) is 14.4 Å². The highest BCUT2D eigenvalue weighted by Crippen LogP contribution is 2.21. The molecule has 1 amide bonds. The predicted octanol–water partition coefficient (Wildman–Crippen LogP) is 2.65. The predicted molar refractivity (Wildman–Crippen MR) is 82.2 cm³/mol. The first-order chi connectivity index (χ1) is 9.81. The summed E-state index contributed by atoms with van der Waals surface area (Å²) in [7, 11) is 0. The molecule has 0 fully saturated rings. The molecule has 0 spiro atoms. The van der Waals surface area contributed by atoms with Gasteiger partial charge in [-0.2, -0.15) is 0 Å². The van der Waals surface area contributed by atoms with Crippen LogP contribution in [0.1, 0.15) is 29.6 Å². The maximum absolute atomic E-state index is 12.1. The van der Waals surface area contributed by atoms with Crippen LogP contribution < -0.4 is 5.32 Å². The molecule has 8 heteroatoms. The summed E-state index contributed by atoms with van der Waals surface area (Å²) in [5, 5.41) is 20.0. The molecule has 1 aromatic rings. The van der Waals surface area contributed by atoms with Crippen molar-refractivity contribution in [3.05, 3.63) is 32.7 Å². The fourth-order valence-electron chi connectivity index (χ4n) is 1.62. The summed E-state index contributed by atoms with van der Waals surface area (Å²) < 4.78 is 1.23. The molecule has 0 aliphatic heterocycles. The van der Waals surface area contributed by atoms with Crippen molar-refractivity contribution in [3.8, 4) is 0 Å². The largest absolute Gasteiger partial charge is 0.481 e. The first-order valence-electron chi connectivity index (χ1n) is 6.01. The van der Waals surface area contributed by atoms with Crippen molar-refractivity contribution in [1.29, 1.82) is 0 Å². The van der Waals surface area contributed by atoms with Crippen LogP contribution in [0.25, 0.3) is 0 Å². The number of amides is 1. The number of carbonyl (C=O) groups is 3. The van der Waals surface area contributed by atoms with Crippen molar-refractivity contribution >= 4 is 49.7 Å². The Hall–Kier alpha value is -1.41. The third kappa shape index (κ3) is 5.84. The molecule has 0 saturated carbocycles. The third-order valence-electron chi connectivity index (χ3n) is 2.66. The molecule has 0 saturated heterocycles. The van der Waals surface area contributed by atoms with Gasteiger partial charge < -0.3 is 15.5 Å². The minimum absolute atomic E-state index is 0.0546. The lowest BCUT2D eigenvalue weighted by Gasteiger charge is -2.14. The molecule has 1 aromatic carbocycles. The molecule has 0 heterocycles. The van der Waals surface area contributed by atoms with Crippen molar-refractivity contribution in [2.75, 3.05) is 0 Å². The van der Waals surface area contributed by atoms with Crippen LogP contribution in [0, 0.1) is 0 Å². The van der Waals surface area contributed by atoms with E-state index < -0.39 is 23.9 Å². The first kappa shape index (κ1) is 17.6. The van der Waals surface area contributed by atoms with Gasteiger partial charge in [0.2, 0.25) is 0 Å². The Bertz CT molecular complexity index is 561. The molecular formula is C13H13Br2NO5. The summed E-state index contributed by atoms with van der Waals surface area (Å²) in [6, 6.07) is 3.85. The minimum Gasteiger partial charge on any atom is -0.481 e. The van der Waals surface area contributed by atoms with Crippen molar-refractivity contribution in [2.45, 2.75) is 25.3 Å². The Labute approximate surface area is 137 Å².